The van der Waals surface area contributed by atoms with Gasteiger partial charge in [0.1, 0.15) is 0 Å². The highest BCUT2D eigenvalue weighted by atomic mass is 16.5. The van der Waals surface area contributed by atoms with Crippen LogP contribution in [0.1, 0.15) is 39.0 Å². The van der Waals surface area contributed by atoms with Gasteiger partial charge in [0.2, 0.25) is 0 Å². The van der Waals surface area contributed by atoms with Gasteiger partial charge in [0.05, 0.1) is 6.61 Å². The van der Waals surface area contributed by atoms with Crippen LogP contribution in [0.4, 0.5) is 0 Å². The van der Waals surface area contributed by atoms with Crippen LogP contribution in [0.2, 0.25) is 0 Å². The van der Waals surface area contributed by atoms with Crippen molar-refractivity contribution in [3.8, 4) is 0 Å². The molecule has 0 aliphatic heterocycles. The minimum absolute atomic E-state index is 0.156. The average molecular weight is 183 g/mol. The maximum absolute atomic E-state index is 10.6. The van der Waals surface area contributed by atoms with E-state index in [1.54, 1.807) is 0 Å². The average Bonchev–Trinajstić information content (AvgIpc) is 2.15. The third kappa shape index (κ3) is 3.79. The van der Waals surface area contributed by atoms with Crippen molar-refractivity contribution in [3.63, 3.8) is 0 Å². The van der Waals surface area contributed by atoms with Gasteiger partial charge in [0, 0.05) is 6.92 Å². The number of hydrogen-bond donors (Lipinski definition) is 0. The lowest BCUT2D eigenvalue weighted by Crippen LogP contribution is -2.20. The molecule has 2 nitrogen and oxygen atoms in total. The summed E-state index contributed by atoms with van der Waals surface area (Å²) in [5.74, 6) is 1.19. The Labute approximate surface area is 80.7 Å². The van der Waals surface area contributed by atoms with Gasteiger partial charge in [0.25, 0.3) is 0 Å². The molecule has 2 heteroatoms. The topological polar surface area (TPSA) is 26.3 Å². The smallest absolute Gasteiger partial charge is 0.302 e. The van der Waals surface area contributed by atoms with Gasteiger partial charge >= 0.3 is 5.97 Å². The van der Waals surface area contributed by atoms with Crippen LogP contribution in [0.5, 0.6) is 0 Å². The zero-order valence-electron chi connectivity index (χ0n) is 8.42. The Balaban J connectivity index is 2.21. The summed E-state index contributed by atoms with van der Waals surface area (Å²) < 4.78 is 5.01. The van der Waals surface area contributed by atoms with E-state index < -0.39 is 0 Å². The molecule has 2 atom stereocenters. The lowest BCUT2D eigenvalue weighted by molar-refractivity contribution is -0.142. The SMILES string of the molecule is [CH2]CC1CCCC(COC(C)=O)C1. The molecule has 1 fully saturated rings. The Morgan fingerprint density at radius 2 is 2.15 bits per heavy atom. The van der Waals surface area contributed by atoms with Gasteiger partial charge in [-0.15, -0.1) is 0 Å². The van der Waals surface area contributed by atoms with E-state index in [2.05, 4.69) is 6.92 Å². The fourth-order valence-corrected chi connectivity index (χ4v) is 2.05. The molecule has 1 aliphatic carbocycles. The van der Waals surface area contributed by atoms with Gasteiger partial charge in [-0.1, -0.05) is 26.2 Å². The fraction of sp³-hybridized carbons (Fsp3) is 0.818. The van der Waals surface area contributed by atoms with Gasteiger partial charge < -0.3 is 4.74 Å². The van der Waals surface area contributed by atoms with Crippen LogP contribution in [0.3, 0.4) is 0 Å². The second-order valence-corrected chi connectivity index (χ2v) is 3.99. The summed E-state index contributed by atoms with van der Waals surface area (Å²) in [5, 5.41) is 0. The highest BCUT2D eigenvalue weighted by Gasteiger charge is 2.21. The van der Waals surface area contributed by atoms with Crippen LogP contribution >= 0.6 is 0 Å². The second-order valence-electron chi connectivity index (χ2n) is 3.99. The standard InChI is InChI=1S/C11H19O2/c1-3-10-5-4-6-11(7-10)8-13-9(2)12/h10-11H,1,3-8H2,2H3. The summed E-state index contributed by atoms with van der Waals surface area (Å²) >= 11 is 0. The third-order valence-corrected chi connectivity index (χ3v) is 2.82. The maximum atomic E-state index is 10.6. The molecule has 0 aromatic heterocycles. The third-order valence-electron chi connectivity index (χ3n) is 2.82. The Morgan fingerprint density at radius 3 is 2.77 bits per heavy atom. The molecular formula is C11H19O2. The molecule has 0 heterocycles. The first-order valence-corrected chi connectivity index (χ1v) is 5.15. The monoisotopic (exact) mass is 183 g/mol. The molecule has 1 aliphatic rings. The first kappa shape index (κ1) is 10.6. The molecule has 13 heavy (non-hydrogen) atoms. The van der Waals surface area contributed by atoms with Crippen LogP contribution in [0, 0.1) is 18.8 Å². The van der Waals surface area contributed by atoms with Crippen molar-refractivity contribution in [2.45, 2.75) is 39.0 Å². The van der Waals surface area contributed by atoms with Crippen molar-refractivity contribution in [2.75, 3.05) is 6.61 Å². The molecule has 1 saturated carbocycles. The van der Waals surface area contributed by atoms with Crippen LogP contribution in [0.25, 0.3) is 0 Å². The minimum Gasteiger partial charge on any atom is -0.466 e. The van der Waals surface area contributed by atoms with E-state index in [1.807, 2.05) is 0 Å². The predicted molar refractivity (Wildman–Crippen MR) is 52.1 cm³/mol. The first-order valence-electron chi connectivity index (χ1n) is 5.15. The Kier molecular flexibility index (Phi) is 4.26. The number of carbonyl (C=O) groups excluding carboxylic acids is 1. The van der Waals surface area contributed by atoms with Gasteiger partial charge in [-0.05, 0) is 24.7 Å². The van der Waals surface area contributed by atoms with Crippen LogP contribution in [-0.2, 0) is 9.53 Å². The van der Waals surface area contributed by atoms with Crippen molar-refractivity contribution in [3.05, 3.63) is 6.92 Å². The van der Waals surface area contributed by atoms with E-state index in [0.717, 1.165) is 12.3 Å². The van der Waals surface area contributed by atoms with E-state index in [1.165, 1.54) is 32.6 Å². The molecule has 0 amide bonds. The van der Waals surface area contributed by atoms with Gasteiger partial charge in [-0.3, -0.25) is 4.79 Å². The number of ether oxygens (including phenoxy) is 1. The molecule has 75 valence electrons. The molecule has 2 unspecified atom stereocenters. The Morgan fingerprint density at radius 1 is 1.46 bits per heavy atom. The van der Waals surface area contributed by atoms with E-state index in [9.17, 15) is 4.79 Å². The maximum Gasteiger partial charge on any atom is 0.302 e. The molecule has 0 N–H and O–H groups in total. The van der Waals surface area contributed by atoms with E-state index in [4.69, 9.17) is 4.74 Å². The summed E-state index contributed by atoms with van der Waals surface area (Å²) in [6.07, 6.45) is 6.00. The van der Waals surface area contributed by atoms with E-state index >= 15 is 0 Å². The highest BCUT2D eigenvalue weighted by molar-refractivity contribution is 5.65. The number of hydrogen-bond acceptors (Lipinski definition) is 2. The van der Waals surface area contributed by atoms with Crippen molar-refractivity contribution in [2.24, 2.45) is 11.8 Å². The highest BCUT2D eigenvalue weighted by Crippen LogP contribution is 2.30. The Bertz CT molecular complexity index is 165. The summed E-state index contributed by atoms with van der Waals surface area (Å²) in [6.45, 7) is 6.02. The minimum atomic E-state index is -0.156. The number of carbonyl (C=O) groups is 1. The summed E-state index contributed by atoms with van der Waals surface area (Å²) in [6, 6.07) is 0. The quantitative estimate of drug-likeness (QED) is 0.629. The first-order chi connectivity index (χ1) is 6.22. The van der Waals surface area contributed by atoms with E-state index in [-0.39, 0.29) is 5.97 Å². The molecular weight excluding hydrogens is 164 g/mol. The van der Waals surface area contributed by atoms with Crippen molar-refractivity contribution in [1.29, 1.82) is 0 Å². The van der Waals surface area contributed by atoms with Gasteiger partial charge in [-0.2, -0.15) is 0 Å². The summed E-state index contributed by atoms with van der Waals surface area (Å²) in [4.78, 5) is 10.6. The van der Waals surface area contributed by atoms with Crippen molar-refractivity contribution >= 4 is 5.97 Å². The fourth-order valence-electron chi connectivity index (χ4n) is 2.05. The van der Waals surface area contributed by atoms with Gasteiger partial charge in [0.15, 0.2) is 0 Å². The van der Waals surface area contributed by atoms with Crippen molar-refractivity contribution in [1.82, 2.24) is 0 Å². The molecule has 0 saturated heterocycles. The van der Waals surface area contributed by atoms with Crippen LogP contribution < -0.4 is 0 Å². The van der Waals surface area contributed by atoms with Gasteiger partial charge in [-0.25, -0.2) is 0 Å². The lowest BCUT2D eigenvalue weighted by atomic mass is 9.80. The van der Waals surface area contributed by atoms with Crippen LogP contribution in [0.15, 0.2) is 0 Å². The number of rotatable bonds is 3. The molecule has 1 rings (SSSR count). The zero-order chi connectivity index (χ0) is 9.68. The normalized spacial score (nSPS) is 28.5. The second kappa shape index (κ2) is 5.25. The number of esters is 1. The van der Waals surface area contributed by atoms with Crippen molar-refractivity contribution < 1.29 is 9.53 Å². The zero-order valence-corrected chi connectivity index (χ0v) is 8.42. The molecule has 0 aromatic carbocycles. The summed E-state index contributed by atoms with van der Waals surface area (Å²) in [5.41, 5.74) is 0. The van der Waals surface area contributed by atoms with E-state index in [0.29, 0.717) is 12.5 Å². The summed E-state index contributed by atoms with van der Waals surface area (Å²) in [7, 11) is 0. The molecule has 0 spiro atoms. The largest absolute Gasteiger partial charge is 0.466 e. The molecule has 0 bridgehead atoms. The molecule has 0 aromatic rings. The predicted octanol–water partition coefficient (Wildman–Crippen LogP) is 2.58. The molecule has 1 radical (unpaired) electrons. The Hall–Kier alpha value is -0.530. The van der Waals surface area contributed by atoms with Crippen LogP contribution in [-0.4, -0.2) is 12.6 Å². The lowest BCUT2D eigenvalue weighted by Gasteiger charge is -2.27.